The van der Waals surface area contributed by atoms with E-state index in [1.165, 1.54) is 25.1 Å². The van der Waals surface area contributed by atoms with Crippen LogP contribution in [0.1, 0.15) is 44.0 Å². The van der Waals surface area contributed by atoms with E-state index < -0.39 is 35.4 Å². The largest absolute Gasteiger partial charge is 0.454 e. The Morgan fingerprint density at radius 1 is 1.19 bits per heavy atom. The van der Waals surface area contributed by atoms with E-state index in [9.17, 15) is 24.5 Å². The minimum Gasteiger partial charge on any atom is -0.454 e. The summed E-state index contributed by atoms with van der Waals surface area (Å²) in [6, 6.07) is 4.14. The maximum absolute atomic E-state index is 12.1. The van der Waals surface area contributed by atoms with Crippen LogP contribution in [0, 0.1) is 10.1 Å². The van der Waals surface area contributed by atoms with Crippen molar-refractivity contribution in [3.63, 3.8) is 0 Å². The van der Waals surface area contributed by atoms with Crippen molar-refractivity contribution < 1.29 is 24.0 Å². The van der Waals surface area contributed by atoms with Gasteiger partial charge >= 0.3 is 5.97 Å². The molecule has 0 aliphatic rings. The van der Waals surface area contributed by atoms with Crippen LogP contribution in [-0.4, -0.2) is 41.4 Å². The Labute approximate surface area is 151 Å². The molecule has 0 saturated heterocycles. The number of benzene rings is 1. The van der Waals surface area contributed by atoms with E-state index in [0.29, 0.717) is 0 Å². The van der Waals surface area contributed by atoms with Crippen LogP contribution < -0.4 is 10.6 Å². The number of ether oxygens (including phenoxy) is 1. The lowest BCUT2D eigenvalue weighted by Crippen LogP contribution is -2.42. The van der Waals surface area contributed by atoms with Crippen molar-refractivity contribution in [1.82, 2.24) is 10.6 Å². The van der Waals surface area contributed by atoms with E-state index in [-0.39, 0.29) is 17.3 Å². The number of nitro benzene ring substituents is 1. The number of nitro groups is 1. The number of esters is 1. The number of rotatable bonds is 9. The second kappa shape index (κ2) is 10.1. The van der Waals surface area contributed by atoms with Crippen LogP contribution in [0.15, 0.2) is 24.3 Å². The number of nitrogens with zero attached hydrogens (tertiary/aromatic N) is 1. The average molecular weight is 365 g/mol. The molecule has 0 heterocycles. The van der Waals surface area contributed by atoms with Gasteiger partial charge in [0.2, 0.25) is 0 Å². The number of carbonyl (C=O) groups excluding carboxylic acids is 3. The first-order chi connectivity index (χ1) is 12.3. The van der Waals surface area contributed by atoms with E-state index in [1.807, 2.05) is 13.8 Å². The summed E-state index contributed by atoms with van der Waals surface area (Å²) in [5.41, 5.74) is -0.184. The fourth-order valence-electron chi connectivity index (χ4n) is 2.12. The summed E-state index contributed by atoms with van der Waals surface area (Å²) < 4.78 is 4.88. The summed E-state index contributed by atoms with van der Waals surface area (Å²) in [5.74, 6) is -1.84. The molecular weight excluding hydrogens is 342 g/mol. The van der Waals surface area contributed by atoms with Crippen LogP contribution >= 0.6 is 0 Å². The van der Waals surface area contributed by atoms with Gasteiger partial charge in [-0.1, -0.05) is 19.9 Å². The third kappa shape index (κ3) is 6.50. The maximum atomic E-state index is 12.1. The molecule has 26 heavy (non-hydrogen) atoms. The van der Waals surface area contributed by atoms with E-state index in [0.717, 1.165) is 18.9 Å². The first kappa shape index (κ1) is 21.1. The molecule has 0 bridgehead atoms. The van der Waals surface area contributed by atoms with Gasteiger partial charge in [0.1, 0.15) is 6.04 Å². The minimum absolute atomic E-state index is 0.0206. The van der Waals surface area contributed by atoms with Crippen LogP contribution in [0.2, 0.25) is 0 Å². The number of hydrogen-bond acceptors (Lipinski definition) is 6. The summed E-state index contributed by atoms with van der Waals surface area (Å²) in [6.45, 7) is 4.83. The van der Waals surface area contributed by atoms with Crippen LogP contribution in [-0.2, 0) is 14.3 Å². The minimum atomic E-state index is -1.01. The van der Waals surface area contributed by atoms with Gasteiger partial charge in [-0.25, -0.2) is 4.79 Å². The molecule has 142 valence electrons. The van der Waals surface area contributed by atoms with Gasteiger partial charge in [0.25, 0.3) is 17.5 Å². The summed E-state index contributed by atoms with van der Waals surface area (Å²) in [6.07, 6.45) is 1.54. The monoisotopic (exact) mass is 365 g/mol. The lowest BCUT2D eigenvalue weighted by molar-refractivity contribution is -0.384. The molecule has 0 unspecified atom stereocenters. The van der Waals surface area contributed by atoms with Gasteiger partial charge in [0, 0.05) is 23.7 Å². The zero-order valence-corrected chi connectivity index (χ0v) is 15.0. The van der Waals surface area contributed by atoms with Crippen LogP contribution in [0.25, 0.3) is 0 Å². The van der Waals surface area contributed by atoms with Crippen molar-refractivity contribution >= 4 is 23.5 Å². The Hall–Kier alpha value is -2.97. The molecule has 0 fully saturated rings. The van der Waals surface area contributed by atoms with Crippen molar-refractivity contribution in [2.45, 2.75) is 45.7 Å². The number of non-ortho nitro benzene ring substituents is 1. The maximum Gasteiger partial charge on any atom is 0.328 e. The van der Waals surface area contributed by atoms with Gasteiger partial charge in [0.15, 0.2) is 6.61 Å². The standard InChI is InChI=1S/C17H23N3O6/c1-4-13(5-2)19-15(21)10-26-17(23)11(3)18-16(22)12-7-6-8-14(9-12)20(24)25/h6-9,11,13H,4-5,10H2,1-3H3,(H,18,22)(H,19,21)/t11-/m0/s1. The summed E-state index contributed by atoms with van der Waals surface area (Å²) in [5, 5.41) is 15.8. The summed E-state index contributed by atoms with van der Waals surface area (Å²) in [7, 11) is 0. The van der Waals surface area contributed by atoms with Gasteiger partial charge in [-0.05, 0) is 25.8 Å². The SMILES string of the molecule is CCC(CC)NC(=O)COC(=O)[C@H](C)NC(=O)c1cccc([N+](=O)[O-])c1. The third-order valence-electron chi connectivity index (χ3n) is 3.72. The molecule has 0 aromatic heterocycles. The normalized spacial score (nSPS) is 11.5. The second-order valence-electron chi connectivity index (χ2n) is 5.69. The molecule has 0 aliphatic carbocycles. The van der Waals surface area contributed by atoms with E-state index >= 15 is 0 Å². The fraction of sp³-hybridized carbons (Fsp3) is 0.471. The molecule has 1 aromatic rings. The van der Waals surface area contributed by atoms with E-state index in [2.05, 4.69) is 10.6 Å². The molecular formula is C17H23N3O6. The molecule has 2 amide bonds. The topological polar surface area (TPSA) is 128 Å². The van der Waals surface area contributed by atoms with E-state index in [1.54, 1.807) is 0 Å². The Bertz CT molecular complexity index is 672. The van der Waals surface area contributed by atoms with Gasteiger partial charge in [0.05, 0.1) is 4.92 Å². The molecule has 9 heteroatoms. The van der Waals surface area contributed by atoms with Gasteiger partial charge in [-0.3, -0.25) is 19.7 Å². The molecule has 0 radical (unpaired) electrons. The molecule has 1 atom stereocenters. The van der Waals surface area contributed by atoms with Gasteiger partial charge < -0.3 is 15.4 Å². The highest BCUT2D eigenvalue weighted by Gasteiger charge is 2.20. The van der Waals surface area contributed by atoms with Crippen LogP contribution in [0.3, 0.4) is 0 Å². The molecule has 0 aliphatic heterocycles. The molecule has 0 saturated carbocycles. The van der Waals surface area contributed by atoms with Crippen molar-refractivity contribution in [3.05, 3.63) is 39.9 Å². The Morgan fingerprint density at radius 2 is 1.85 bits per heavy atom. The van der Waals surface area contributed by atoms with Crippen molar-refractivity contribution in [3.8, 4) is 0 Å². The van der Waals surface area contributed by atoms with Crippen LogP contribution in [0.5, 0.6) is 0 Å². The van der Waals surface area contributed by atoms with Gasteiger partial charge in [-0.15, -0.1) is 0 Å². The summed E-state index contributed by atoms with van der Waals surface area (Å²) in [4.78, 5) is 45.8. The highest BCUT2D eigenvalue weighted by Crippen LogP contribution is 2.13. The average Bonchev–Trinajstić information content (AvgIpc) is 2.63. The van der Waals surface area contributed by atoms with Crippen molar-refractivity contribution in [2.75, 3.05) is 6.61 Å². The number of hydrogen-bond donors (Lipinski definition) is 2. The lowest BCUT2D eigenvalue weighted by Gasteiger charge is -2.16. The van der Waals surface area contributed by atoms with Gasteiger partial charge in [-0.2, -0.15) is 0 Å². The van der Waals surface area contributed by atoms with Crippen molar-refractivity contribution in [2.24, 2.45) is 0 Å². The predicted octanol–water partition coefficient (Wildman–Crippen LogP) is 1.56. The molecule has 1 rings (SSSR count). The molecule has 2 N–H and O–H groups in total. The smallest absolute Gasteiger partial charge is 0.328 e. The zero-order chi connectivity index (χ0) is 19.7. The van der Waals surface area contributed by atoms with Crippen LogP contribution in [0.4, 0.5) is 5.69 Å². The predicted molar refractivity (Wildman–Crippen MR) is 93.5 cm³/mol. The third-order valence-corrected chi connectivity index (χ3v) is 3.72. The second-order valence-corrected chi connectivity index (χ2v) is 5.69. The fourth-order valence-corrected chi connectivity index (χ4v) is 2.12. The highest BCUT2D eigenvalue weighted by molar-refractivity contribution is 5.97. The van der Waals surface area contributed by atoms with Crippen molar-refractivity contribution in [1.29, 1.82) is 0 Å². The molecule has 0 spiro atoms. The Kier molecular flexibility index (Phi) is 8.20. The Morgan fingerprint density at radius 3 is 2.42 bits per heavy atom. The first-order valence-electron chi connectivity index (χ1n) is 8.29. The summed E-state index contributed by atoms with van der Waals surface area (Å²) >= 11 is 0. The highest BCUT2D eigenvalue weighted by atomic mass is 16.6. The number of carbonyl (C=O) groups is 3. The van der Waals surface area contributed by atoms with E-state index in [4.69, 9.17) is 4.74 Å². The number of amides is 2. The zero-order valence-electron chi connectivity index (χ0n) is 15.0. The quantitative estimate of drug-likeness (QED) is 0.388. The molecule has 9 nitrogen and oxygen atoms in total. The number of nitrogens with one attached hydrogen (secondary N) is 2. The Balaban J connectivity index is 2.53. The lowest BCUT2D eigenvalue weighted by atomic mass is 10.2. The first-order valence-corrected chi connectivity index (χ1v) is 8.29. The molecule has 1 aromatic carbocycles.